The molecule has 0 bridgehead atoms. The van der Waals surface area contributed by atoms with E-state index in [9.17, 15) is 0 Å². The van der Waals surface area contributed by atoms with Crippen LogP contribution in [-0.4, -0.2) is 45.7 Å². The zero-order valence-corrected chi connectivity index (χ0v) is 12.0. The van der Waals surface area contributed by atoms with E-state index in [-0.39, 0.29) is 0 Å². The largest absolute Gasteiger partial charge is 0.296 e. The summed E-state index contributed by atoms with van der Waals surface area (Å²) in [7, 11) is 0. The first kappa shape index (κ1) is 13.3. The van der Waals surface area contributed by atoms with Gasteiger partial charge in [-0.3, -0.25) is 14.9 Å². The first-order valence-electron chi connectivity index (χ1n) is 7.30. The minimum absolute atomic E-state index is 0.579. The number of nitrogens with zero attached hydrogens (tertiary/aromatic N) is 3. The van der Waals surface area contributed by atoms with Gasteiger partial charge in [-0.1, -0.05) is 30.3 Å². The first-order chi connectivity index (χ1) is 9.81. The second kappa shape index (κ2) is 6.20. The van der Waals surface area contributed by atoms with E-state index < -0.39 is 0 Å². The van der Waals surface area contributed by atoms with Gasteiger partial charge in [0.2, 0.25) is 0 Å². The van der Waals surface area contributed by atoms with E-state index in [2.05, 4.69) is 63.3 Å². The van der Waals surface area contributed by atoms with Crippen molar-refractivity contribution in [3.05, 3.63) is 53.9 Å². The highest BCUT2D eigenvalue weighted by Crippen LogP contribution is 2.15. The number of hydrogen-bond acceptors (Lipinski definition) is 3. The van der Waals surface area contributed by atoms with Crippen molar-refractivity contribution in [2.45, 2.75) is 26.1 Å². The van der Waals surface area contributed by atoms with Gasteiger partial charge in [0, 0.05) is 50.7 Å². The van der Waals surface area contributed by atoms with Gasteiger partial charge in [0.15, 0.2) is 0 Å². The third kappa shape index (κ3) is 3.26. The van der Waals surface area contributed by atoms with Gasteiger partial charge >= 0.3 is 0 Å². The molecule has 4 heteroatoms. The van der Waals surface area contributed by atoms with Crippen molar-refractivity contribution in [3.8, 4) is 0 Å². The SMILES string of the molecule is C[C@H]1CN(Cc2ccccc2)CCN1Cc1ccn[nH]1. The number of rotatable bonds is 4. The van der Waals surface area contributed by atoms with E-state index in [1.807, 2.05) is 6.20 Å². The number of benzene rings is 1. The Morgan fingerprint density at radius 3 is 2.70 bits per heavy atom. The highest BCUT2D eigenvalue weighted by molar-refractivity contribution is 5.14. The minimum Gasteiger partial charge on any atom is -0.296 e. The van der Waals surface area contributed by atoms with Crippen LogP contribution in [0.3, 0.4) is 0 Å². The summed E-state index contributed by atoms with van der Waals surface area (Å²) < 4.78 is 0. The molecule has 1 atom stereocenters. The predicted molar refractivity (Wildman–Crippen MR) is 80.2 cm³/mol. The van der Waals surface area contributed by atoms with E-state index in [4.69, 9.17) is 0 Å². The Hall–Kier alpha value is -1.65. The van der Waals surface area contributed by atoms with Crippen molar-refractivity contribution in [1.29, 1.82) is 0 Å². The molecule has 1 aromatic carbocycles. The Kier molecular flexibility index (Phi) is 4.14. The summed E-state index contributed by atoms with van der Waals surface area (Å²) in [6.07, 6.45) is 1.83. The Morgan fingerprint density at radius 1 is 1.15 bits per heavy atom. The summed E-state index contributed by atoms with van der Waals surface area (Å²) in [5.74, 6) is 0. The van der Waals surface area contributed by atoms with Gasteiger partial charge in [-0.2, -0.15) is 5.10 Å². The second-order valence-corrected chi connectivity index (χ2v) is 5.62. The van der Waals surface area contributed by atoms with Crippen LogP contribution in [0.5, 0.6) is 0 Å². The van der Waals surface area contributed by atoms with Crippen LogP contribution in [0.25, 0.3) is 0 Å². The number of piperazine rings is 1. The molecule has 0 spiro atoms. The van der Waals surface area contributed by atoms with Crippen LogP contribution in [0.2, 0.25) is 0 Å². The summed E-state index contributed by atoms with van der Waals surface area (Å²) in [5.41, 5.74) is 2.61. The summed E-state index contributed by atoms with van der Waals surface area (Å²) >= 11 is 0. The lowest BCUT2D eigenvalue weighted by Gasteiger charge is -2.39. The third-order valence-electron chi connectivity index (χ3n) is 4.03. The van der Waals surface area contributed by atoms with E-state index in [0.29, 0.717) is 6.04 Å². The zero-order valence-electron chi connectivity index (χ0n) is 12.0. The lowest BCUT2D eigenvalue weighted by molar-refractivity contribution is 0.0723. The fourth-order valence-corrected chi connectivity index (χ4v) is 2.88. The quantitative estimate of drug-likeness (QED) is 0.924. The zero-order chi connectivity index (χ0) is 13.8. The number of nitrogens with one attached hydrogen (secondary N) is 1. The molecule has 2 aromatic rings. The number of hydrogen-bond donors (Lipinski definition) is 1. The van der Waals surface area contributed by atoms with Gasteiger partial charge in [-0.25, -0.2) is 0 Å². The van der Waals surface area contributed by atoms with Gasteiger partial charge in [-0.05, 0) is 18.6 Å². The number of aromatic nitrogens is 2. The van der Waals surface area contributed by atoms with Crippen molar-refractivity contribution in [3.63, 3.8) is 0 Å². The number of H-pyrrole nitrogens is 1. The standard InChI is InChI=1S/C16H22N4/c1-14-11-19(12-15-5-3-2-4-6-15)9-10-20(14)13-16-7-8-17-18-16/h2-8,14H,9-13H2,1H3,(H,17,18)/t14-/m0/s1. The molecule has 0 unspecified atom stereocenters. The molecule has 2 heterocycles. The molecule has 20 heavy (non-hydrogen) atoms. The van der Waals surface area contributed by atoms with Crippen LogP contribution in [0, 0.1) is 0 Å². The van der Waals surface area contributed by atoms with E-state index >= 15 is 0 Å². The maximum Gasteiger partial charge on any atom is 0.0492 e. The molecule has 1 fully saturated rings. The molecule has 1 N–H and O–H groups in total. The van der Waals surface area contributed by atoms with Crippen molar-refractivity contribution < 1.29 is 0 Å². The molecule has 0 amide bonds. The van der Waals surface area contributed by atoms with Gasteiger partial charge in [0.1, 0.15) is 0 Å². The summed E-state index contributed by atoms with van der Waals surface area (Å²) in [5, 5.41) is 7.07. The Balaban J connectivity index is 1.54. The summed E-state index contributed by atoms with van der Waals surface area (Å²) in [6, 6.07) is 13.4. The smallest absolute Gasteiger partial charge is 0.0492 e. The van der Waals surface area contributed by atoms with Crippen molar-refractivity contribution in [2.24, 2.45) is 0 Å². The van der Waals surface area contributed by atoms with Crippen LogP contribution in [0.15, 0.2) is 42.6 Å². The molecule has 3 rings (SSSR count). The molecule has 0 aliphatic carbocycles. The fourth-order valence-electron chi connectivity index (χ4n) is 2.88. The maximum absolute atomic E-state index is 4.02. The molecule has 1 aromatic heterocycles. The minimum atomic E-state index is 0.579. The van der Waals surface area contributed by atoms with Crippen LogP contribution in [0.4, 0.5) is 0 Å². The van der Waals surface area contributed by atoms with Gasteiger partial charge in [0.25, 0.3) is 0 Å². The van der Waals surface area contributed by atoms with E-state index in [1.54, 1.807) is 0 Å². The van der Waals surface area contributed by atoms with Crippen LogP contribution in [0.1, 0.15) is 18.2 Å². The molecule has 1 aliphatic rings. The lowest BCUT2D eigenvalue weighted by atomic mass is 10.1. The second-order valence-electron chi connectivity index (χ2n) is 5.62. The lowest BCUT2D eigenvalue weighted by Crippen LogP contribution is -2.50. The molecular weight excluding hydrogens is 248 g/mol. The highest BCUT2D eigenvalue weighted by Gasteiger charge is 2.23. The van der Waals surface area contributed by atoms with Crippen molar-refractivity contribution >= 4 is 0 Å². The van der Waals surface area contributed by atoms with Crippen LogP contribution >= 0.6 is 0 Å². The predicted octanol–water partition coefficient (Wildman–Crippen LogP) is 2.12. The fraction of sp³-hybridized carbons (Fsp3) is 0.438. The highest BCUT2D eigenvalue weighted by atomic mass is 15.3. The van der Waals surface area contributed by atoms with Gasteiger partial charge < -0.3 is 0 Å². The Bertz CT molecular complexity index is 509. The molecule has 1 saturated heterocycles. The molecule has 1 aliphatic heterocycles. The average Bonchev–Trinajstić information content (AvgIpc) is 2.96. The van der Waals surface area contributed by atoms with Crippen LogP contribution in [-0.2, 0) is 13.1 Å². The summed E-state index contributed by atoms with van der Waals surface area (Å²) in [4.78, 5) is 5.07. The molecule has 106 valence electrons. The Labute approximate surface area is 120 Å². The van der Waals surface area contributed by atoms with Gasteiger partial charge in [0.05, 0.1) is 0 Å². The normalized spacial score (nSPS) is 21.1. The molecule has 0 saturated carbocycles. The number of aromatic amines is 1. The van der Waals surface area contributed by atoms with Crippen molar-refractivity contribution in [1.82, 2.24) is 20.0 Å². The first-order valence-corrected chi connectivity index (χ1v) is 7.30. The topological polar surface area (TPSA) is 35.2 Å². The Morgan fingerprint density at radius 2 is 2.00 bits per heavy atom. The third-order valence-corrected chi connectivity index (χ3v) is 4.03. The molecular formula is C16H22N4. The molecule has 4 nitrogen and oxygen atoms in total. The summed E-state index contributed by atoms with van der Waals surface area (Å²) in [6.45, 7) is 7.72. The average molecular weight is 270 g/mol. The maximum atomic E-state index is 4.02. The molecule has 0 radical (unpaired) electrons. The van der Waals surface area contributed by atoms with Crippen LogP contribution < -0.4 is 0 Å². The van der Waals surface area contributed by atoms with Gasteiger partial charge in [-0.15, -0.1) is 0 Å². The van der Waals surface area contributed by atoms with E-state index in [0.717, 1.165) is 32.7 Å². The monoisotopic (exact) mass is 270 g/mol. The van der Waals surface area contributed by atoms with E-state index in [1.165, 1.54) is 11.3 Å². The van der Waals surface area contributed by atoms with Crippen molar-refractivity contribution in [2.75, 3.05) is 19.6 Å².